The number of aromatic nitrogens is 4. The molecule has 0 unspecified atom stereocenters. The summed E-state index contributed by atoms with van der Waals surface area (Å²) in [6.07, 6.45) is 5.50. The first-order valence-electron chi connectivity index (χ1n) is 5.33. The van der Waals surface area contributed by atoms with Crippen LogP contribution in [0.3, 0.4) is 0 Å². The molecule has 0 spiro atoms. The quantitative estimate of drug-likeness (QED) is 0.768. The van der Waals surface area contributed by atoms with Crippen molar-refractivity contribution in [2.45, 2.75) is 31.7 Å². The molecule has 5 heteroatoms. The highest BCUT2D eigenvalue weighted by Gasteiger charge is 2.41. The van der Waals surface area contributed by atoms with Crippen molar-refractivity contribution in [3.05, 3.63) is 0 Å². The van der Waals surface area contributed by atoms with Crippen molar-refractivity contribution in [2.24, 2.45) is 18.9 Å². The van der Waals surface area contributed by atoms with E-state index in [2.05, 4.69) is 20.8 Å². The average molecular weight is 193 g/mol. The maximum Gasteiger partial charge on any atom is 0.242 e. The lowest BCUT2D eigenvalue weighted by atomic mass is 10.1. The summed E-state index contributed by atoms with van der Waals surface area (Å²) in [5.74, 6) is 2.56. The molecule has 2 fully saturated rings. The van der Waals surface area contributed by atoms with Crippen LogP contribution in [0, 0.1) is 11.8 Å². The Morgan fingerprint density at radius 3 is 2.36 bits per heavy atom. The highest BCUT2D eigenvalue weighted by atomic mass is 15.6. The van der Waals surface area contributed by atoms with E-state index in [0.29, 0.717) is 6.04 Å². The predicted molar refractivity (Wildman–Crippen MR) is 51.7 cm³/mol. The van der Waals surface area contributed by atoms with Crippen molar-refractivity contribution in [3.8, 4) is 0 Å². The van der Waals surface area contributed by atoms with E-state index in [9.17, 15) is 0 Å². The van der Waals surface area contributed by atoms with E-state index in [0.717, 1.165) is 17.8 Å². The van der Waals surface area contributed by atoms with E-state index >= 15 is 0 Å². The summed E-state index contributed by atoms with van der Waals surface area (Å²) in [6.45, 7) is 0. The summed E-state index contributed by atoms with van der Waals surface area (Å²) in [5, 5.41) is 14.9. The third kappa shape index (κ3) is 1.47. The number of aryl methyl sites for hydroxylation is 1. The van der Waals surface area contributed by atoms with Gasteiger partial charge in [-0.15, -0.1) is 0 Å². The Labute approximate surface area is 82.9 Å². The Balaban J connectivity index is 1.71. The second-order valence-electron chi connectivity index (χ2n) is 4.47. The zero-order valence-electron chi connectivity index (χ0n) is 8.35. The molecule has 1 aromatic rings. The van der Waals surface area contributed by atoms with Crippen LogP contribution in [0.15, 0.2) is 0 Å². The maximum absolute atomic E-state index is 3.97. The molecule has 5 nitrogen and oxygen atoms in total. The second kappa shape index (κ2) is 2.93. The molecule has 1 heterocycles. The molecule has 14 heavy (non-hydrogen) atoms. The predicted octanol–water partition coefficient (Wildman–Crippen LogP) is 0.811. The molecule has 0 aliphatic heterocycles. The zero-order valence-corrected chi connectivity index (χ0v) is 8.35. The van der Waals surface area contributed by atoms with Crippen molar-refractivity contribution in [1.82, 2.24) is 20.2 Å². The molecule has 0 radical (unpaired) electrons. The highest BCUT2D eigenvalue weighted by molar-refractivity contribution is 5.26. The van der Waals surface area contributed by atoms with E-state index < -0.39 is 0 Å². The smallest absolute Gasteiger partial charge is 0.242 e. The summed E-state index contributed by atoms with van der Waals surface area (Å²) < 4.78 is 1.71. The first-order valence-corrected chi connectivity index (χ1v) is 5.33. The van der Waals surface area contributed by atoms with Crippen molar-refractivity contribution < 1.29 is 0 Å². The van der Waals surface area contributed by atoms with E-state index in [4.69, 9.17) is 0 Å². The number of rotatable bonds is 4. The summed E-state index contributed by atoms with van der Waals surface area (Å²) >= 11 is 0. The van der Waals surface area contributed by atoms with Gasteiger partial charge in [0.1, 0.15) is 0 Å². The molecule has 2 aliphatic rings. The van der Waals surface area contributed by atoms with Gasteiger partial charge in [-0.1, -0.05) is 5.10 Å². The van der Waals surface area contributed by atoms with Gasteiger partial charge in [0.15, 0.2) is 0 Å². The largest absolute Gasteiger partial charge is 0.350 e. The molecule has 2 aliphatic carbocycles. The second-order valence-corrected chi connectivity index (χ2v) is 4.47. The van der Waals surface area contributed by atoms with Crippen LogP contribution in [0.2, 0.25) is 0 Å². The summed E-state index contributed by atoms with van der Waals surface area (Å²) in [7, 11) is 1.87. The molecule has 1 aromatic heterocycles. The van der Waals surface area contributed by atoms with Crippen LogP contribution < -0.4 is 5.32 Å². The minimum atomic E-state index is 0.625. The first-order chi connectivity index (χ1) is 6.84. The first kappa shape index (κ1) is 8.20. The van der Waals surface area contributed by atoms with Crippen molar-refractivity contribution in [3.63, 3.8) is 0 Å². The Bertz CT molecular complexity index is 314. The van der Waals surface area contributed by atoms with Crippen LogP contribution in [0.25, 0.3) is 0 Å². The summed E-state index contributed by atoms with van der Waals surface area (Å²) in [4.78, 5) is 0. The molecule has 2 saturated carbocycles. The molecule has 0 bridgehead atoms. The fraction of sp³-hybridized carbons (Fsp3) is 0.889. The normalized spacial score (nSPS) is 21.6. The maximum atomic E-state index is 3.97. The van der Waals surface area contributed by atoms with Crippen LogP contribution >= 0.6 is 0 Å². The fourth-order valence-corrected chi connectivity index (χ4v) is 2.03. The minimum Gasteiger partial charge on any atom is -0.350 e. The van der Waals surface area contributed by atoms with Gasteiger partial charge in [0.05, 0.1) is 0 Å². The molecule has 3 rings (SSSR count). The van der Waals surface area contributed by atoms with Gasteiger partial charge in [0, 0.05) is 13.1 Å². The fourth-order valence-electron chi connectivity index (χ4n) is 2.03. The van der Waals surface area contributed by atoms with Gasteiger partial charge < -0.3 is 5.32 Å². The van der Waals surface area contributed by atoms with Gasteiger partial charge in [-0.3, -0.25) is 0 Å². The van der Waals surface area contributed by atoms with Gasteiger partial charge in [-0.05, 0) is 47.9 Å². The number of nitrogens with zero attached hydrogens (tertiary/aromatic N) is 4. The molecule has 0 saturated heterocycles. The SMILES string of the molecule is Cn1nnnc1NC(C1CC1)C1CC1. The lowest BCUT2D eigenvalue weighted by molar-refractivity contribution is 0.557. The number of nitrogens with one attached hydrogen (secondary N) is 1. The molecule has 0 amide bonds. The van der Waals surface area contributed by atoms with Gasteiger partial charge in [-0.2, -0.15) is 0 Å². The number of hydrogen-bond donors (Lipinski definition) is 1. The minimum absolute atomic E-state index is 0.625. The molecule has 76 valence electrons. The average Bonchev–Trinajstić information content (AvgIpc) is 3.05. The van der Waals surface area contributed by atoms with Crippen molar-refractivity contribution in [1.29, 1.82) is 0 Å². The van der Waals surface area contributed by atoms with E-state index in [-0.39, 0.29) is 0 Å². The van der Waals surface area contributed by atoms with Crippen LogP contribution in [0.1, 0.15) is 25.7 Å². The Morgan fingerprint density at radius 1 is 1.29 bits per heavy atom. The third-order valence-electron chi connectivity index (χ3n) is 3.18. The van der Waals surface area contributed by atoms with Crippen molar-refractivity contribution in [2.75, 3.05) is 5.32 Å². The molecule has 1 N–H and O–H groups in total. The highest BCUT2D eigenvalue weighted by Crippen LogP contribution is 2.45. The molecular formula is C9H15N5. The van der Waals surface area contributed by atoms with Gasteiger partial charge in [-0.25, -0.2) is 4.68 Å². The van der Waals surface area contributed by atoms with Crippen LogP contribution in [-0.2, 0) is 7.05 Å². The Hall–Kier alpha value is -1.13. The van der Waals surface area contributed by atoms with Crippen LogP contribution in [-0.4, -0.2) is 26.2 Å². The van der Waals surface area contributed by atoms with Gasteiger partial charge in [0.25, 0.3) is 0 Å². The molecular weight excluding hydrogens is 178 g/mol. The number of hydrogen-bond acceptors (Lipinski definition) is 4. The van der Waals surface area contributed by atoms with E-state index in [1.54, 1.807) is 4.68 Å². The van der Waals surface area contributed by atoms with Gasteiger partial charge in [0.2, 0.25) is 5.95 Å². The molecule has 0 aromatic carbocycles. The number of anilines is 1. The summed E-state index contributed by atoms with van der Waals surface area (Å²) in [6, 6.07) is 0.625. The third-order valence-corrected chi connectivity index (χ3v) is 3.18. The molecule has 0 atom stereocenters. The van der Waals surface area contributed by atoms with E-state index in [1.165, 1.54) is 25.7 Å². The zero-order chi connectivity index (χ0) is 9.54. The van der Waals surface area contributed by atoms with Crippen molar-refractivity contribution >= 4 is 5.95 Å². The summed E-state index contributed by atoms with van der Waals surface area (Å²) in [5.41, 5.74) is 0. The standard InChI is InChI=1S/C9H15N5/c1-14-9(11-12-13-14)10-8(6-2-3-6)7-4-5-7/h6-8H,2-5H2,1H3,(H,10,11,13). The topological polar surface area (TPSA) is 55.6 Å². The van der Waals surface area contributed by atoms with Gasteiger partial charge >= 0.3 is 0 Å². The monoisotopic (exact) mass is 193 g/mol. The lowest BCUT2D eigenvalue weighted by Gasteiger charge is -2.16. The lowest BCUT2D eigenvalue weighted by Crippen LogP contribution is -2.26. The Kier molecular flexibility index (Phi) is 1.72. The Morgan fingerprint density at radius 2 is 1.93 bits per heavy atom. The van der Waals surface area contributed by atoms with Crippen LogP contribution in [0.4, 0.5) is 5.95 Å². The van der Waals surface area contributed by atoms with E-state index in [1.807, 2.05) is 7.05 Å². The van der Waals surface area contributed by atoms with Crippen LogP contribution in [0.5, 0.6) is 0 Å². The number of tetrazole rings is 1.